The SMILES string of the molecule is Cc1ccc(-c2ccc(C3CCC(C)(C#N)CC3)cc2)c(F)c1. The average Bonchev–Trinajstić information content (AvgIpc) is 2.56. The summed E-state index contributed by atoms with van der Waals surface area (Å²) in [5.74, 6) is 0.355. The number of hydrogen-bond donors (Lipinski definition) is 0. The Labute approximate surface area is 137 Å². The molecular formula is C21H22FN. The molecule has 2 heteroatoms. The third-order valence-electron chi connectivity index (χ3n) is 5.18. The van der Waals surface area contributed by atoms with Gasteiger partial charge in [-0.25, -0.2) is 4.39 Å². The maximum absolute atomic E-state index is 14.1. The summed E-state index contributed by atoms with van der Waals surface area (Å²) in [5.41, 5.74) is 3.67. The highest BCUT2D eigenvalue weighted by molar-refractivity contribution is 5.64. The standard InChI is InChI=1S/C21H22FN/c1-15-3-8-19(20(22)13-15)18-6-4-16(5-7-18)17-9-11-21(2,14-23)12-10-17/h3-8,13,17H,9-12H2,1-2H3. The van der Waals surface area contributed by atoms with E-state index >= 15 is 0 Å². The zero-order chi connectivity index (χ0) is 16.4. The number of nitrogens with zero attached hydrogens (tertiary/aromatic N) is 1. The van der Waals surface area contributed by atoms with Crippen LogP contribution in [0.15, 0.2) is 42.5 Å². The van der Waals surface area contributed by atoms with Crippen LogP contribution < -0.4 is 0 Å². The Bertz CT molecular complexity index is 731. The van der Waals surface area contributed by atoms with Crippen molar-refractivity contribution in [3.8, 4) is 17.2 Å². The first-order chi connectivity index (χ1) is 11.0. The molecule has 0 spiro atoms. The second-order valence-corrected chi connectivity index (χ2v) is 7.05. The molecule has 0 atom stereocenters. The first kappa shape index (κ1) is 15.7. The molecule has 1 fully saturated rings. The summed E-state index contributed by atoms with van der Waals surface area (Å²) < 4.78 is 14.1. The minimum atomic E-state index is -0.166. The normalized spacial score (nSPS) is 24.2. The van der Waals surface area contributed by atoms with Crippen molar-refractivity contribution in [2.75, 3.05) is 0 Å². The molecule has 2 aromatic carbocycles. The monoisotopic (exact) mass is 307 g/mol. The van der Waals surface area contributed by atoms with Crippen molar-refractivity contribution in [1.82, 2.24) is 0 Å². The molecule has 0 saturated heterocycles. The van der Waals surface area contributed by atoms with Gasteiger partial charge in [-0.15, -0.1) is 0 Å². The number of nitriles is 1. The molecular weight excluding hydrogens is 285 g/mol. The van der Waals surface area contributed by atoms with Crippen LogP contribution in [-0.4, -0.2) is 0 Å². The minimum absolute atomic E-state index is 0.151. The molecule has 0 unspecified atom stereocenters. The quantitative estimate of drug-likeness (QED) is 0.668. The summed E-state index contributed by atoms with van der Waals surface area (Å²) in [4.78, 5) is 0. The predicted molar refractivity (Wildman–Crippen MR) is 91.5 cm³/mol. The van der Waals surface area contributed by atoms with Crippen molar-refractivity contribution in [2.45, 2.75) is 45.4 Å². The zero-order valence-corrected chi connectivity index (χ0v) is 13.8. The fourth-order valence-electron chi connectivity index (χ4n) is 3.49. The maximum Gasteiger partial charge on any atom is 0.131 e. The summed E-state index contributed by atoms with van der Waals surface area (Å²) in [5, 5.41) is 9.23. The first-order valence-electron chi connectivity index (χ1n) is 8.28. The van der Waals surface area contributed by atoms with Gasteiger partial charge in [-0.2, -0.15) is 5.26 Å². The van der Waals surface area contributed by atoms with Gasteiger partial charge in [0.15, 0.2) is 0 Å². The lowest BCUT2D eigenvalue weighted by molar-refractivity contribution is 0.270. The van der Waals surface area contributed by atoms with Crippen LogP contribution >= 0.6 is 0 Å². The second-order valence-electron chi connectivity index (χ2n) is 7.05. The number of aryl methyl sites for hydroxylation is 1. The van der Waals surface area contributed by atoms with E-state index in [4.69, 9.17) is 0 Å². The van der Waals surface area contributed by atoms with Crippen LogP contribution in [0.4, 0.5) is 4.39 Å². The lowest BCUT2D eigenvalue weighted by atomic mass is 9.71. The summed E-state index contributed by atoms with van der Waals surface area (Å²) in [7, 11) is 0. The molecule has 0 amide bonds. The predicted octanol–water partition coefficient (Wildman–Crippen LogP) is 5.99. The van der Waals surface area contributed by atoms with E-state index in [1.165, 1.54) is 5.56 Å². The van der Waals surface area contributed by atoms with Gasteiger partial charge in [-0.1, -0.05) is 36.4 Å². The maximum atomic E-state index is 14.1. The highest BCUT2D eigenvalue weighted by Crippen LogP contribution is 2.42. The van der Waals surface area contributed by atoms with Gasteiger partial charge in [-0.3, -0.25) is 0 Å². The van der Waals surface area contributed by atoms with Gasteiger partial charge in [0, 0.05) is 5.56 Å². The van der Waals surface area contributed by atoms with Crippen LogP contribution in [0.3, 0.4) is 0 Å². The summed E-state index contributed by atoms with van der Waals surface area (Å²) >= 11 is 0. The Morgan fingerprint density at radius 3 is 2.30 bits per heavy atom. The van der Waals surface area contributed by atoms with Crippen molar-refractivity contribution in [1.29, 1.82) is 5.26 Å². The third kappa shape index (κ3) is 3.29. The number of hydrogen-bond acceptors (Lipinski definition) is 1. The van der Waals surface area contributed by atoms with Crippen LogP contribution in [0, 0.1) is 29.5 Å². The van der Waals surface area contributed by atoms with E-state index in [0.29, 0.717) is 11.5 Å². The lowest BCUT2D eigenvalue weighted by Gasteiger charge is -2.32. The van der Waals surface area contributed by atoms with Gasteiger partial charge >= 0.3 is 0 Å². The molecule has 0 radical (unpaired) electrons. The molecule has 1 aliphatic carbocycles. The minimum Gasteiger partial charge on any atom is -0.206 e. The van der Waals surface area contributed by atoms with Gasteiger partial charge in [0.1, 0.15) is 5.82 Å². The Morgan fingerprint density at radius 1 is 1.09 bits per heavy atom. The van der Waals surface area contributed by atoms with Crippen molar-refractivity contribution in [2.24, 2.45) is 5.41 Å². The molecule has 118 valence electrons. The molecule has 0 bridgehead atoms. The van der Waals surface area contributed by atoms with Gasteiger partial charge in [-0.05, 0) is 68.2 Å². The smallest absolute Gasteiger partial charge is 0.131 e. The molecule has 0 aliphatic heterocycles. The van der Waals surface area contributed by atoms with Crippen molar-refractivity contribution in [3.05, 3.63) is 59.4 Å². The second kappa shape index (κ2) is 6.16. The highest BCUT2D eigenvalue weighted by Gasteiger charge is 2.31. The molecule has 1 saturated carbocycles. The number of benzene rings is 2. The molecule has 0 aromatic heterocycles. The number of halogens is 1. The largest absolute Gasteiger partial charge is 0.206 e. The third-order valence-corrected chi connectivity index (χ3v) is 5.18. The molecule has 23 heavy (non-hydrogen) atoms. The van der Waals surface area contributed by atoms with Crippen molar-refractivity contribution in [3.63, 3.8) is 0 Å². The van der Waals surface area contributed by atoms with Crippen LogP contribution in [0.2, 0.25) is 0 Å². The molecule has 2 aromatic rings. The topological polar surface area (TPSA) is 23.8 Å². The van der Waals surface area contributed by atoms with Gasteiger partial charge in [0.05, 0.1) is 11.5 Å². The highest BCUT2D eigenvalue weighted by atomic mass is 19.1. The van der Waals surface area contributed by atoms with Crippen LogP contribution in [0.25, 0.3) is 11.1 Å². The van der Waals surface area contributed by atoms with E-state index in [-0.39, 0.29) is 11.2 Å². The van der Waals surface area contributed by atoms with Crippen molar-refractivity contribution < 1.29 is 4.39 Å². The first-order valence-corrected chi connectivity index (χ1v) is 8.28. The van der Waals surface area contributed by atoms with E-state index < -0.39 is 0 Å². The van der Waals surface area contributed by atoms with Gasteiger partial charge in [0.2, 0.25) is 0 Å². The number of rotatable bonds is 2. The Kier molecular flexibility index (Phi) is 4.22. The Morgan fingerprint density at radius 2 is 1.74 bits per heavy atom. The molecule has 3 rings (SSSR count). The van der Waals surface area contributed by atoms with Crippen molar-refractivity contribution >= 4 is 0 Å². The van der Waals surface area contributed by atoms with E-state index in [1.54, 1.807) is 6.07 Å². The van der Waals surface area contributed by atoms with E-state index in [0.717, 1.165) is 36.8 Å². The molecule has 1 nitrogen and oxygen atoms in total. The van der Waals surface area contributed by atoms with Gasteiger partial charge < -0.3 is 0 Å². The Balaban J connectivity index is 1.77. The molecule has 0 N–H and O–H groups in total. The van der Waals surface area contributed by atoms with Crippen LogP contribution in [-0.2, 0) is 0 Å². The lowest BCUT2D eigenvalue weighted by Crippen LogP contribution is -2.21. The van der Waals surface area contributed by atoms with E-state index in [1.807, 2.05) is 31.2 Å². The van der Waals surface area contributed by atoms with Crippen LogP contribution in [0.5, 0.6) is 0 Å². The van der Waals surface area contributed by atoms with Gasteiger partial charge in [0.25, 0.3) is 0 Å². The summed E-state index contributed by atoms with van der Waals surface area (Å²) in [6.45, 7) is 3.96. The Hall–Kier alpha value is -2.14. The zero-order valence-electron chi connectivity index (χ0n) is 13.8. The fourth-order valence-corrected chi connectivity index (χ4v) is 3.49. The molecule has 1 aliphatic rings. The summed E-state index contributed by atoms with van der Waals surface area (Å²) in [6.07, 6.45) is 4.04. The van der Waals surface area contributed by atoms with E-state index in [9.17, 15) is 9.65 Å². The summed E-state index contributed by atoms with van der Waals surface area (Å²) in [6, 6.07) is 16.1. The van der Waals surface area contributed by atoms with Crippen LogP contribution in [0.1, 0.15) is 49.7 Å². The van der Waals surface area contributed by atoms with E-state index in [2.05, 4.69) is 25.1 Å². The average molecular weight is 307 g/mol. The fraction of sp³-hybridized carbons (Fsp3) is 0.381. The molecule has 0 heterocycles.